The minimum absolute atomic E-state index is 0.102. The normalized spacial score (nSPS) is 17.7. The second-order valence-corrected chi connectivity index (χ2v) is 9.78. The van der Waals surface area contributed by atoms with Gasteiger partial charge in [0.1, 0.15) is 12.4 Å². The van der Waals surface area contributed by atoms with Crippen molar-refractivity contribution in [3.8, 4) is 5.75 Å². The van der Waals surface area contributed by atoms with E-state index >= 15 is 0 Å². The van der Waals surface area contributed by atoms with Crippen LogP contribution in [0.15, 0.2) is 30.3 Å². The number of nitrogens with one attached hydrogen (secondary N) is 1. The maximum absolute atomic E-state index is 12.7. The highest BCUT2D eigenvalue weighted by atomic mass is 35.5. The molecule has 6 heteroatoms. The smallest absolute Gasteiger partial charge is 0.256 e. The zero-order chi connectivity index (χ0) is 23.5. The van der Waals surface area contributed by atoms with Gasteiger partial charge in [0.25, 0.3) is 5.91 Å². The number of hydrogen-bond acceptors (Lipinski definition) is 4. The molecule has 0 radical (unpaired) electrons. The summed E-state index contributed by atoms with van der Waals surface area (Å²) in [5.74, 6) is 1.46. The fraction of sp³-hybridized carbons (Fsp3) is 0.444. The standard InChI is InChI=1S/C27H33ClN2O3/c1-17(2)21-13-19(15-24-23-16-20(28)5-6-25(23)29-27(24)31)14-22(18(3)4)26(21)33-12-9-30-7-10-32-11-8-30/h5-6,13-18H,7-12H2,1-4H3,(H,29,31)/b24-15-. The molecule has 0 aliphatic carbocycles. The average Bonchev–Trinajstić information content (AvgIpc) is 3.09. The van der Waals surface area contributed by atoms with Crippen molar-refractivity contribution in [3.05, 3.63) is 57.6 Å². The van der Waals surface area contributed by atoms with E-state index in [9.17, 15) is 4.79 Å². The monoisotopic (exact) mass is 468 g/mol. The fourth-order valence-electron chi connectivity index (χ4n) is 4.38. The molecule has 2 aromatic rings. The number of halogens is 1. The molecular formula is C27H33ClN2O3. The number of carbonyl (C=O) groups is 1. The molecule has 1 N–H and O–H groups in total. The lowest BCUT2D eigenvalue weighted by Gasteiger charge is -2.27. The zero-order valence-electron chi connectivity index (χ0n) is 19.9. The van der Waals surface area contributed by atoms with E-state index in [1.165, 1.54) is 11.1 Å². The molecule has 2 aliphatic rings. The number of hydrogen-bond donors (Lipinski definition) is 1. The van der Waals surface area contributed by atoms with Gasteiger partial charge < -0.3 is 14.8 Å². The molecule has 0 bridgehead atoms. The maximum Gasteiger partial charge on any atom is 0.256 e. The lowest BCUT2D eigenvalue weighted by atomic mass is 9.90. The summed E-state index contributed by atoms with van der Waals surface area (Å²) in [6, 6.07) is 9.80. The molecule has 1 fully saturated rings. The van der Waals surface area contributed by atoms with Gasteiger partial charge in [-0.25, -0.2) is 0 Å². The molecule has 0 unspecified atom stereocenters. The Bertz CT molecular complexity index is 1030. The van der Waals surface area contributed by atoms with E-state index in [0.29, 0.717) is 29.0 Å². The maximum atomic E-state index is 12.7. The van der Waals surface area contributed by atoms with Crippen molar-refractivity contribution in [1.29, 1.82) is 0 Å². The first-order valence-electron chi connectivity index (χ1n) is 11.8. The van der Waals surface area contributed by atoms with Gasteiger partial charge in [-0.15, -0.1) is 0 Å². The van der Waals surface area contributed by atoms with Crippen LogP contribution < -0.4 is 10.1 Å². The van der Waals surface area contributed by atoms with Gasteiger partial charge in [-0.1, -0.05) is 39.3 Å². The number of nitrogens with zero attached hydrogens (tertiary/aromatic N) is 1. The number of carbonyl (C=O) groups excluding carboxylic acids is 1. The van der Waals surface area contributed by atoms with Crippen molar-refractivity contribution < 1.29 is 14.3 Å². The Morgan fingerprint density at radius 1 is 1.09 bits per heavy atom. The molecule has 5 nitrogen and oxygen atoms in total. The quantitative estimate of drug-likeness (QED) is 0.522. The number of benzene rings is 2. The van der Waals surface area contributed by atoms with Crippen molar-refractivity contribution in [3.63, 3.8) is 0 Å². The van der Waals surface area contributed by atoms with Crippen molar-refractivity contribution in [2.75, 3.05) is 44.8 Å². The third-order valence-corrected chi connectivity index (χ3v) is 6.48. The first-order valence-corrected chi connectivity index (χ1v) is 12.1. The van der Waals surface area contributed by atoms with Crippen LogP contribution in [-0.2, 0) is 9.53 Å². The Balaban J connectivity index is 1.66. The van der Waals surface area contributed by atoms with Gasteiger partial charge >= 0.3 is 0 Å². The predicted molar refractivity (Wildman–Crippen MR) is 135 cm³/mol. The van der Waals surface area contributed by atoms with Crippen LogP contribution in [0.5, 0.6) is 5.75 Å². The number of morpholine rings is 1. The van der Waals surface area contributed by atoms with E-state index in [4.69, 9.17) is 21.1 Å². The Morgan fingerprint density at radius 2 is 1.76 bits per heavy atom. The zero-order valence-corrected chi connectivity index (χ0v) is 20.7. The van der Waals surface area contributed by atoms with Crippen LogP contribution in [0.3, 0.4) is 0 Å². The highest BCUT2D eigenvalue weighted by molar-refractivity contribution is 6.36. The summed E-state index contributed by atoms with van der Waals surface area (Å²) in [4.78, 5) is 15.1. The Morgan fingerprint density at radius 3 is 2.39 bits per heavy atom. The van der Waals surface area contributed by atoms with Crippen molar-refractivity contribution >= 4 is 34.8 Å². The SMILES string of the molecule is CC(C)c1cc(/C=C2\C(=O)Nc3ccc(Cl)cc32)cc(C(C)C)c1OCCN1CCOCC1. The summed E-state index contributed by atoms with van der Waals surface area (Å²) >= 11 is 6.21. The van der Waals surface area contributed by atoms with Crippen LogP contribution >= 0.6 is 11.6 Å². The van der Waals surface area contributed by atoms with Gasteiger partial charge in [-0.3, -0.25) is 9.69 Å². The number of rotatable bonds is 7. The summed E-state index contributed by atoms with van der Waals surface area (Å²) in [5.41, 5.74) is 5.61. The van der Waals surface area contributed by atoms with Crippen molar-refractivity contribution in [2.45, 2.75) is 39.5 Å². The summed E-state index contributed by atoms with van der Waals surface area (Å²) < 4.78 is 11.9. The highest BCUT2D eigenvalue weighted by Crippen LogP contribution is 2.39. The van der Waals surface area contributed by atoms with E-state index in [1.54, 1.807) is 6.07 Å². The molecule has 0 aromatic heterocycles. The van der Waals surface area contributed by atoms with Gasteiger partial charge in [0.05, 0.1) is 13.2 Å². The van der Waals surface area contributed by atoms with Crippen LogP contribution in [0.25, 0.3) is 11.6 Å². The van der Waals surface area contributed by atoms with Crippen molar-refractivity contribution in [2.24, 2.45) is 0 Å². The first-order chi connectivity index (χ1) is 15.8. The summed E-state index contributed by atoms with van der Waals surface area (Å²) in [7, 11) is 0. The molecule has 2 aliphatic heterocycles. The second-order valence-electron chi connectivity index (χ2n) is 9.34. The van der Waals surface area contributed by atoms with Crippen molar-refractivity contribution in [1.82, 2.24) is 4.90 Å². The molecule has 0 spiro atoms. The van der Waals surface area contributed by atoms with E-state index in [1.807, 2.05) is 18.2 Å². The van der Waals surface area contributed by atoms with Gasteiger partial charge in [0.15, 0.2) is 0 Å². The number of ether oxygens (including phenoxy) is 2. The summed E-state index contributed by atoms with van der Waals surface area (Å²) in [6.45, 7) is 13.8. The van der Waals surface area contributed by atoms with Crippen LogP contribution in [0.4, 0.5) is 5.69 Å². The molecule has 0 saturated carbocycles. The number of fused-ring (bicyclic) bond motifs is 1. The van der Waals surface area contributed by atoms with E-state index in [-0.39, 0.29) is 5.91 Å². The van der Waals surface area contributed by atoms with Crippen LogP contribution in [-0.4, -0.2) is 50.3 Å². The fourth-order valence-corrected chi connectivity index (χ4v) is 4.55. The Labute approximate surface area is 201 Å². The molecule has 1 amide bonds. The minimum Gasteiger partial charge on any atom is -0.492 e. The van der Waals surface area contributed by atoms with Gasteiger partial charge in [0, 0.05) is 41.5 Å². The molecule has 0 atom stereocenters. The lowest BCUT2D eigenvalue weighted by Crippen LogP contribution is -2.38. The Hall–Kier alpha value is -2.34. The highest BCUT2D eigenvalue weighted by Gasteiger charge is 2.25. The molecule has 176 valence electrons. The summed E-state index contributed by atoms with van der Waals surface area (Å²) in [6.07, 6.45) is 1.97. The summed E-state index contributed by atoms with van der Waals surface area (Å²) in [5, 5.41) is 3.55. The average molecular weight is 469 g/mol. The third-order valence-electron chi connectivity index (χ3n) is 6.25. The van der Waals surface area contributed by atoms with E-state index in [2.05, 4.69) is 50.0 Å². The van der Waals surface area contributed by atoms with Gasteiger partial charge in [-0.05, 0) is 64.9 Å². The third kappa shape index (κ3) is 5.43. The van der Waals surface area contributed by atoms with Gasteiger partial charge in [-0.2, -0.15) is 0 Å². The molecule has 33 heavy (non-hydrogen) atoms. The molecule has 1 saturated heterocycles. The topological polar surface area (TPSA) is 50.8 Å². The second kappa shape index (κ2) is 10.3. The first kappa shape index (κ1) is 23.8. The van der Waals surface area contributed by atoms with Crippen LogP contribution in [0.2, 0.25) is 5.02 Å². The molecular weight excluding hydrogens is 436 g/mol. The predicted octanol–water partition coefficient (Wildman–Crippen LogP) is 5.79. The van der Waals surface area contributed by atoms with Gasteiger partial charge in [0.2, 0.25) is 0 Å². The Kier molecular flexibility index (Phi) is 7.42. The van der Waals surface area contributed by atoms with E-state index in [0.717, 1.165) is 55.4 Å². The molecule has 2 aromatic carbocycles. The minimum atomic E-state index is -0.102. The largest absolute Gasteiger partial charge is 0.492 e. The van der Waals surface area contributed by atoms with Crippen LogP contribution in [0, 0.1) is 0 Å². The lowest BCUT2D eigenvalue weighted by molar-refractivity contribution is -0.110. The number of anilines is 1. The molecule has 4 rings (SSSR count). The van der Waals surface area contributed by atoms with E-state index < -0.39 is 0 Å². The molecule has 2 heterocycles. The van der Waals surface area contributed by atoms with Crippen LogP contribution in [0.1, 0.15) is 61.8 Å². The number of amides is 1.